The zero-order chi connectivity index (χ0) is 14.7. The van der Waals surface area contributed by atoms with Gasteiger partial charge in [-0.15, -0.1) is 0 Å². The number of methoxy groups -OCH3 is 1. The summed E-state index contributed by atoms with van der Waals surface area (Å²) in [4.78, 5) is 8.02. The van der Waals surface area contributed by atoms with Crippen molar-refractivity contribution in [3.63, 3.8) is 0 Å². The number of imidazole rings is 1. The number of hydrogen-bond acceptors (Lipinski definition) is 4. The Morgan fingerprint density at radius 3 is 2.95 bits per heavy atom. The summed E-state index contributed by atoms with van der Waals surface area (Å²) >= 11 is 5.48. The predicted octanol–water partition coefficient (Wildman–Crippen LogP) is 3.86. The van der Waals surface area contributed by atoms with Gasteiger partial charge >= 0.3 is 0 Å². The molecule has 0 atom stereocenters. The summed E-state index contributed by atoms with van der Waals surface area (Å²) < 4.78 is 10.7. The van der Waals surface area contributed by atoms with E-state index in [2.05, 4.69) is 25.9 Å². The largest absolute Gasteiger partial charge is 0.497 e. The maximum Gasteiger partial charge on any atom is 0.166 e. The number of aromatic amines is 1. The summed E-state index contributed by atoms with van der Waals surface area (Å²) in [5.41, 5.74) is 2.33. The van der Waals surface area contributed by atoms with Gasteiger partial charge in [-0.3, -0.25) is 0 Å². The highest BCUT2D eigenvalue weighted by Crippen LogP contribution is 2.37. The van der Waals surface area contributed by atoms with Crippen LogP contribution >= 0.6 is 27.7 Å². The molecular formula is C15H19BrN2O2S. The lowest BCUT2D eigenvalue weighted by Gasteiger charge is -2.35. The van der Waals surface area contributed by atoms with Crippen LogP contribution in [0, 0.1) is 5.41 Å². The molecule has 1 saturated heterocycles. The first-order chi connectivity index (χ1) is 10.2. The van der Waals surface area contributed by atoms with Crippen molar-refractivity contribution in [2.45, 2.75) is 18.0 Å². The number of thioether (sulfide) groups is 1. The smallest absolute Gasteiger partial charge is 0.166 e. The molecule has 0 aliphatic carbocycles. The van der Waals surface area contributed by atoms with Crippen molar-refractivity contribution in [2.24, 2.45) is 5.41 Å². The van der Waals surface area contributed by atoms with Crippen LogP contribution in [0.15, 0.2) is 23.4 Å². The number of benzene rings is 1. The molecule has 0 saturated carbocycles. The van der Waals surface area contributed by atoms with Gasteiger partial charge in [-0.2, -0.15) is 0 Å². The molecule has 1 aromatic carbocycles. The Bertz CT molecular complexity index is 611. The Hall–Kier alpha value is -0.720. The van der Waals surface area contributed by atoms with Gasteiger partial charge in [0.05, 0.1) is 18.1 Å². The number of nitrogens with zero attached hydrogens (tertiary/aromatic N) is 1. The summed E-state index contributed by atoms with van der Waals surface area (Å²) in [6, 6.07) is 5.92. The third-order valence-corrected chi connectivity index (χ3v) is 6.43. The minimum Gasteiger partial charge on any atom is -0.497 e. The molecule has 0 unspecified atom stereocenters. The van der Waals surface area contributed by atoms with E-state index in [-0.39, 0.29) is 0 Å². The summed E-state index contributed by atoms with van der Waals surface area (Å²) in [5, 5.41) is 2.00. The quantitative estimate of drug-likeness (QED) is 0.641. The van der Waals surface area contributed by atoms with E-state index in [0.717, 1.165) is 59.1 Å². The lowest BCUT2D eigenvalue weighted by Crippen LogP contribution is -2.33. The van der Waals surface area contributed by atoms with Gasteiger partial charge in [-0.05, 0) is 30.4 Å². The number of halogens is 1. The Morgan fingerprint density at radius 1 is 1.43 bits per heavy atom. The molecule has 0 amide bonds. The number of fused-ring (bicyclic) bond motifs is 1. The molecule has 4 nitrogen and oxygen atoms in total. The van der Waals surface area contributed by atoms with Crippen molar-refractivity contribution < 1.29 is 9.47 Å². The van der Waals surface area contributed by atoms with Crippen molar-refractivity contribution in [1.29, 1.82) is 0 Å². The molecule has 114 valence electrons. The number of aromatic nitrogens is 2. The third kappa shape index (κ3) is 3.38. The zero-order valence-electron chi connectivity index (χ0n) is 12.0. The second-order valence-corrected chi connectivity index (χ2v) is 6.98. The second-order valence-electron chi connectivity index (χ2n) is 5.46. The minimum atomic E-state index is 0.319. The predicted molar refractivity (Wildman–Crippen MR) is 89.6 cm³/mol. The molecule has 21 heavy (non-hydrogen) atoms. The molecule has 0 spiro atoms. The van der Waals surface area contributed by atoms with Gasteiger partial charge in [0.1, 0.15) is 5.75 Å². The molecule has 0 bridgehead atoms. The van der Waals surface area contributed by atoms with E-state index in [9.17, 15) is 0 Å². The van der Waals surface area contributed by atoms with Gasteiger partial charge in [-0.25, -0.2) is 4.98 Å². The molecule has 2 heterocycles. The molecule has 2 aromatic rings. The lowest BCUT2D eigenvalue weighted by atomic mass is 9.85. The van der Waals surface area contributed by atoms with Crippen molar-refractivity contribution >= 4 is 38.7 Å². The first kappa shape index (κ1) is 15.2. The van der Waals surface area contributed by atoms with Crippen LogP contribution in [0.4, 0.5) is 0 Å². The molecule has 0 radical (unpaired) electrons. The SMILES string of the molecule is COc1ccc2nc(SCC3(CBr)CCOCC3)[nH]c2c1. The highest BCUT2D eigenvalue weighted by molar-refractivity contribution is 9.09. The Balaban J connectivity index is 1.72. The number of nitrogens with one attached hydrogen (secondary N) is 1. The maximum absolute atomic E-state index is 5.48. The van der Waals surface area contributed by atoms with Crippen molar-refractivity contribution in [3.05, 3.63) is 18.2 Å². The summed E-state index contributed by atoms with van der Waals surface area (Å²) in [5.74, 6) is 1.91. The van der Waals surface area contributed by atoms with E-state index in [1.165, 1.54) is 0 Å². The van der Waals surface area contributed by atoms with Crippen LogP contribution in [0.25, 0.3) is 11.0 Å². The van der Waals surface area contributed by atoms with Gasteiger partial charge in [-0.1, -0.05) is 27.7 Å². The normalized spacial score (nSPS) is 18.0. The molecule has 1 aliphatic heterocycles. The average Bonchev–Trinajstić information content (AvgIpc) is 2.95. The highest BCUT2D eigenvalue weighted by atomic mass is 79.9. The van der Waals surface area contributed by atoms with E-state index in [4.69, 9.17) is 9.47 Å². The number of H-pyrrole nitrogens is 1. The molecule has 1 aromatic heterocycles. The van der Waals surface area contributed by atoms with E-state index < -0.39 is 0 Å². The summed E-state index contributed by atoms with van der Waals surface area (Å²) in [6.07, 6.45) is 2.22. The maximum atomic E-state index is 5.48. The van der Waals surface area contributed by atoms with E-state index in [1.54, 1.807) is 18.9 Å². The highest BCUT2D eigenvalue weighted by Gasteiger charge is 2.31. The molecule has 1 N–H and O–H groups in total. The fourth-order valence-electron chi connectivity index (χ4n) is 2.50. The van der Waals surface area contributed by atoms with Gasteiger partial charge in [0.2, 0.25) is 0 Å². The van der Waals surface area contributed by atoms with Crippen molar-refractivity contribution in [3.8, 4) is 5.75 Å². The van der Waals surface area contributed by atoms with Crippen LogP contribution in [0.1, 0.15) is 12.8 Å². The zero-order valence-corrected chi connectivity index (χ0v) is 14.4. The van der Waals surface area contributed by atoms with Crippen LogP contribution in [0.3, 0.4) is 0 Å². The van der Waals surface area contributed by atoms with Crippen LogP contribution in [-0.2, 0) is 4.74 Å². The Morgan fingerprint density at radius 2 is 2.24 bits per heavy atom. The van der Waals surface area contributed by atoms with Gasteiger partial charge in [0.15, 0.2) is 5.16 Å². The third-order valence-electron chi connectivity index (χ3n) is 4.02. The minimum absolute atomic E-state index is 0.319. The van der Waals surface area contributed by atoms with Crippen molar-refractivity contribution in [2.75, 3.05) is 31.4 Å². The van der Waals surface area contributed by atoms with E-state index in [1.807, 2.05) is 18.2 Å². The van der Waals surface area contributed by atoms with Crippen LogP contribution in [-0.4, -0.2) is 41.4 Å². The fraction of sp³-hybridized carbons (Fsp3) is 0.533. The van der Waals surface area contributed by atoms with E-state index >= 15 is 0 Å². The van der Waals surface area contributed by atoms with Crippen LogP contribution in [0.2, 0.25) is 0 Å². The molecule has 1 aliphatic rings. The van der Waals surface area contributed by atoms with Gasteiger partial charge < -0.3 is 14.5 Å². The summed E-state index contributed by atoms with van der Waals surface area (Å²) in [7, 11) is 1.68. The number of rotatable bonds is 5. The number of alkyl halides is 1. The first-order valence-electron chi connectivity index (χ1n) is 7.05. The first-order valence-corrected chi connectivity index (χ1v) is 9.16. The molecule has 3 rings (SSSR count). The standard InChI is InChI=1S/C15H19BrN2O2S/c1-19-11-2-3-12-13(8-11)18-14(17-12)21-10-15(9-16)4-6-20-7-5-15/h2-3,8H,4-7,9-10H2,1H3,(H,17,18). The number of ether oxygens (including phenoxy) is 2. The monoisotopic (exact) mass is 370 g/mol. The second kappa shape index (κ2) is 6.58. The topological polar surface area (TPSA) is 47.1 Å². The number of hydrogen-bond donors (Lipinski definition) is 1. The molecule has 1 fully saturated rings. The molecule has 6 heteroatoms. The van der Waals surface area contributed by atoms with Gasteiger partial charge in [0, 0.05) is 30.4 Å². The molecular weight excluding hydrogens is 352 g/mol. The average molecular weight is 371 g/mol. The van der Waals surface area contributed by atoms with Crippen LogP contribution < -0.4 is 4.74 Å². The van der Waals surface area contributed by atoms with E-state index in [0.29, 0.717) is 5.41 Å². The van der Waals surface area contributed by atoms with Crippen LogP contribution in [0.5, 0.6) is 5.75 Å². The Labute approximate surface area is 137 Å². The van der Waals surface area contributed by atoms with Crippen molar-refractivity contribution in [1.82, 2.24) is 9.97 Å². The lowest BCUT2D eigenvalue weighted by molar-refractivity contribution is 0.0374. The Kier molecular flexibility index (Phi) is 4.76. The summed E-state index contributed by atoms with van der Waals surface area (Å²) in [6.45, 7) is 1.73. The van der Waals surface area contributed by atoms with Gasteiger partial charge in [0.25, 0.3) is 0 Å². The fourth-order valence-corrected chi connectivity index (χ4v) is 4.70.